The molecule has 22 heavy (non-hydrogen) atoms. The second-order valence-electron chi connectivity index (χ2n) is 4.80. The van der Waals surface area contributed by atoms with E-state index in [9.17, 15) is 13.2 Å². The van der Waals surface area contributed by atoms with Gasteiger partial charge in [-0.3, -0.25) is 4.72 Å². The summed E-state index contributed by atoms with van der Waals surface area (Å²) in [7, 11) is -3.90. The lowest BCUT2D eigenvalue weighted by Gasteiger charge is -2.12. The number of hydrogen-bond donors (Lipinski definition) is 2. The molecule has 0 aliphatic heterocycles. The fraction of sp³-hybridized carbons (Fsp3) is 0.133. The topological polar surface area (TPSA) is 83.5 Å². The van der Waals surface area contributed by atoms with Crippen molar-refractivity contribution in [3.63, 3.8) is 0 Å². The third-order valence-electron chi connectivity index (χ3n) is 3.33. The highest BCUT2D eigenvalue weighted by Crippen LogP contribution is 2.24. The van der Waals surface area contributed by atoms with Gasteiger partial charge in [0.05, 0.1) is 21.2 Å². The van der Waals surface area contributed by atoms with E-state index in [-0.39, 0.29) is 15.5 Å². The van der Waals surface area contributed by atoms with Gasteiger partial charge < -0.3 is 5.11 Å². The molecule has 0 saturated carbocycles. The molecule has 0 aliphatic rings. The zero-order valence-corrected chi connectivity index (χ0v) is 13.5. The molecule has 0 radical (unpaired) electrons. The predicted molar refractivity (Wildman–Crippen MR) is 85.1 cm³/mol. The summed E-state index contributed by atoms with van der Waals surface area (Å²) in [5, 5.41) is 9.01. The fourth-order valence-corrected chi connectivity index (χ4v) is 3.25. The van der Waals surface area contributed by atoms with Crippen LogP contribution in [0.1, 0.15) is 21.5 Å². The Kier molecular flexibility index (Phi) is 4.44. The molecule has 0 aliphatic carbocycles. The lowest BCUT2D eigenvalue weighted by Crippen LogP contribution is -2.15. The molecular weight excluding hydrogens is 326 g/mol. The van der Waals surface area contributed by atoms with Gasteiger partial charge in [0.2, 0.25) is 0 Å². The molecule has 0 heterocycles. The van der Waals surface area contributed by atoms with Crippen molar-refractivity contribution in [3.05, 3.63) is 58.1 Å². The van der Waals surface area contributed by atoms with Crippen molar-refractivity contribution in [2.24, 2.45) is 0 Å². The Labute approximate surface area is 133 Å². The largest absolute Gasteiger partial charge is 0.478 e. The van der Waals surface area contributed by atoms with Crippen molar-refractivity contribution in [1.82, 2.24) is 0 Å². The van der Waals surface area contributed by atoms with Gasteiger partial charge in [-0.2, -0.15) is 0 Å². The molecule has 2 aromatic carbocycles. The molecule has 0 spiro atoms. The number of rotatable bonds is 4. The molecule has 0 bridgehead atoms. The minimum absolute atomic E-state index is 0.0156. The van der Waals surface area contributed by atoms with Crippen LogP contribution in [0.2, 0.25) is 5.02 Å². The van der Waals surface area contributed by atoms with E-state index in [0.29, 0.717) is 5.69 Å². The molecule has 0 amide bonds. The highest BCUT2D eigenvalue weighted by molar-refractivity contribution is 7.92. The number of aromatic carboxylic acids is 1. The number of hydrogen-bond acceptors (Lipinski definition) is 3. The Balaban J connectivity index is 2.45. The van der Waals surface area contributed by atoms with Crippen LogP contribution in [0.4, 0.5) is 5.69 Å². The summed E-state index contributed by atoms with van der Waals surface area (Å²) in [6.45, 7) is 3.68. The number of nitrogens with one attached hydrogen (secondary N) is 1. The normalized spacial score (nSPS) is 11.2. The van der Waals surface area contributed by atoms with Crippen LogP contribution in [0.25, 0.3) is 0 Å². The summed E-state index contributed by atoms with van der Waals surface area (Å²) < 4.78 is 27.3. The molecule has 2 aromatic rings. The third kappa shape index (κ3) is 3.23. The summed E-state index contributed by atoms with van der Waals surface area (Å²) in [6.07, 6.45) is 0. The van der Waals surface area contributed by atoms with E-state index in [1.165, 1.54) is 12.1 Å². The van der Waals surface area contributed by atoms with Crippen LogP contribution in [0.15, 0.2) is 41.3 Å². The Morgan fingerprint density at radius 1 is 1.18 bits per heavy atom. The van der Waals surface area contributed by atoms with Crippen molar-refractivity contribution >= 4 is 33.3 Å². The van der Waals surface area contributed by atoms with E-state index >= 15 is 0 Å². The first kappa shape index (κ1) is 16.3. The molecule has 2 N–H and O–H groups in total. The summed E-state index contributed by atoms with van der Waals surface area (Å²) >= 11 is 5.75. The molecule has 0 saturated heterocycles. The highest BCUT2D eigenvalue weighted by Gasteiger charge is 2.19. The van der Waals surface area contributed by atoms with Crippen molar-refractivity contribution in [1.29, 1.82) is 0 Å². The Hall–Kier alpha value is -2.05. The average Bonchev–Trinajstić information content (AvgIpc) is 2.43. The number of sulfonamides is 1. The van der Waals surface area contributed by atoms with Gasteiger partial charge in [-0.1, -0.05) is 23.7 Å². The second-order valence-corrected chi connectivity index (χ2v) is 6.89. The van der Waals surface area contributed by atoms with Crippen LogP contribution < -0.4 is 4.72 Å². The van der Waals surface area contributed by atoms with Gasteiger partial charge in [0, 0.05) is 0 Å². The van der Waals surface area contributed by atoms with E-state index in [1.807, 2.05) is 13.0 Å². The Morgan fingerprint density at radius 2 is 1.86 bits per heavy atom. The minimum Gasteiger partial charge on any atom is -0.478 e. The maximum atomic E-state index is 12.4. The summed E-state index contributed by atoms with van der Waals surface area (Å²) in [5.74, 6) is -1.28. The van der Waals surface area contributed by atoms with Gasteiger partial charge >= 0.3 is 5.97 Å². The van der Waals surface area contributed by atoms with E-state index in [1.54, 1.807) is 19.1 Å². The van der Waals surface area contributed by atoms with Crippen molar-refractivity contribution in [2.45, 2.75) is 18.7 Å². The van der Waals surface area contributed by atoms with Crippen molar-refractivity contribution < 1.29 is 18.3 Å². The molecule has 7 heteroatoms. The van der Waals surface area contributed by atoms with Crippen LogP contribution in [0, 0.1) is 13.8 Å². The monoisotopic (exact) mass is 339 g/mol. The standard InChI is InChI=1S/C15H14ClNO4S/c1-9-4-3-5-14(10(9)2)17-22(20,21)11-6-7-13(16)12(8-11)15(18)19/h3-8,17H,1-2H3,(H,18,19). The third-order valence-corrected chi connectivity index (χ3v) is 5.02. The smallest absolute Gasteiger partial charge is 0.337 e. The number of anilines is 1. The van der Waals surface area contributed by atoms with E-state index in [2.05, 4.69) is 4.72 Å². The van der Waals surface area contributed by atoms with Crippen molar-refractivity contribution in [3.8, 4) is 0 Å². The van der Waals surface area contributed by atoms with Crippen LogP contribution in [0.3, 0.4) is 0 Å². The molecule has 0 unspecified atom stereocenters. The van der Waals surface area contributed by atoms with Gasteiger partial charge in [-0.15, -0.1) is 0 Å². The second kappa shape index (κ2) is 5.98. The molecule has 5 nitrogen and oxygen atoms in total. The first-order chi connectivity index (χ1) is 10.2. The molecule has 2 rings (SSSR count). The van der Waals surface area contributed by atoms with Crippen LogP contribution in [-0.2, 0) is 10.0 Å². The zero-order chi connectivity index (χ0) is 16.5. The van der Waals surface area contributed by atoms with Crippen molar-refractivity contribution in [2.75, 3.05) is 4.72 Å². The number of carbonyl (C=O) groups is 1. The summed E-state index contributed by atoms with van der Waals surface area (Å²) in [6, 6.07) is 8.82. The quantitative estimate of drug-likeness (QED) is 0.893. The zero-order valence-electron chi connectivity index (χ0n) is 11.9. The molecular formula is C15H14ClNO4S. The van der Waals surface area contributed by atoms with Gasteiger partial charge in [-0.25, -0.2) is 13.2 Å². The lowest BCUT2D eigenvalue weighted by atomic mass is 10.1. The Morgan fingerprint density at radius 3 is 2.50 bits per heavy atom. The fourth-order valence-electron chi connectivity index (χ4n) is 1.90. The number of carboxylic acid groups (broad SMARTS) is 1. The SMILES string of the molecule is Cc1cccc(NS(=O)(=O)c2ccc(Cl)c(C(=O)O)c2)c1C. The lowest BCUT2D eigenvalue weighted by molar-refractivity contribution is 0.0697. The van der Waals surface area contributed by atoms with Crippen LogP contribution >= 0.6 is 11.6 Å². The van der Waals surface area contributed by atoms with Gasteiger partial charge in [0.15, 0.2) is 0 Å². The molecule has 0 aromatic heterocycles. The van der Waals surface area contributed by atoms with Crippen LogP contribution in [-0.4, -0.2) is 19.5 Å². The summed E-state index contributed by atoms with van der Waals surface area (Å²) in [5.41, 5.74) is 1.94. The Bertz CT molecular complexity index is 847. The summed E-state index contributed by atoms with van der Waals surface area (Å²) in [4.78, 5) is 10.9. The predicted octanol–water partition coefficient (Wildman–Crippen LogP) is 3.46. The average molecular weight is 340 g/mol. The van der Waals surface area contributed by atoms with E-state index in [4.69, 9.17) is 16.7 Å². The molecule has 116 valence electrons. The maximum absolute atomic E-state index is 12.4. The number of halogens is 1. The highest BCUT2D eigenvalue weighted by atomic mass is 35.5. The van der Waals surface area contributed by atoms with Gasteiger partial charge in [0.25, 0.3) is 10.0 Å². The van der Waals surface area contributed by atoms with Crippen LogP contribution in [0.5, 0.6) is 0 Å². The van der Waals surface area contributed by atoms with E-state index in [0.717, 1.165) is 17.2 Å². The number of benzene rings is 2. The maximum Gasteiger partial charge on any atom is 0.337 e. The first-order valence-electron chi connectivity index (χ1n) is 6.34. The first-order valence-corrected chi connectivity index (χ1v) is 8.20. The number of aryl methyl sites for hydroxylation is 1. The van der Waals surface area contributed by atoms with E-state index < -0.39 is 16.0 Å². The molecule has 0 atom stereocenters. The minimum atomic E-state index is -3.90. The number of carboxylic acids is 1. The molecule has 0 fully saturated rings. The van der Waals surface area contributed by atoms with Gasteiger partial charge in [-0.05, 0) is 49.2 Å². The van der Waals surface area contributed by atoms with Gasteiger partial charge in [0.1, 0.15) is 0 Å².